The molecule has 8 nitrogen and oxygen atoms in total. The Morgan fingerprint density at radius 2 is 2.12 bits per heavy atom. The molecule has 2 aliphatic heterocycles. The third-order valence-corrected chi connectivity index (χ3v) is 8.42. The number of aromatic nitrogens is 1. The van der Waals surface area contributed by atoms with Crippen LogP contribution in [0.1, 0.15) is 41.1 Å². The number of ketones is 1. The van der Waals surface area contributed by atoms with Crippen LogP contribution in [0, 0.1) is 6.92 Å². The summed E-state index contributed by atoms with van der Waals surface area (Å²) in [5, 5.41) is 5.93. The van der Waals surface area contributed by atoms with Crippen molar-refractivity contribution in [1.29, 1.82) is 0 Å². The van der Waals surface area contributed by atoms with Gasteiger partial charge in [0.2, 0.25) is 5.91 Å². The molecule has 0 radical (unpaired) electrons. The van der Waals surface area contributed by atoms with Gasteiger partial charge in [-0.1, -0.05) is 12.1 Å². The number of carbonyl (C=O) groups is 2. The molecule has 8 N–H and O–H groups in total. The van der Waals surface area contributed by atoms with E-state index in [0.717, 1.165) is 36.4 Å². The fraction of sp³-hybridized carbons (Fsp3) is 0.435. The van der Waals surface area contributed by atoms with Crippen LogP contribution in [0.4, 0.5) is 5.69 Å². The number of pyridine rings is 1. The van der Waals surface area contributed by atoms with Gasteiger partial charge >= 0.3 is 0 Å². The topological polar surface area (TPSA) is 149 Å². The molecule has 0 saturated carbocycles. The molecule has 5 atom stereocenters. The highest BCUT2D eigenvalue weighted by atomic mass is 32.2. The highest BCUT2D eigenvalue weighted by Crippen LogP contribution is 2.56. The molecule has 3 heterocycles. The predicted octanol–water partition coefficient (Wildman–Crippen LogP) is 0.511. The highest BCUT2D eigenvalue weighted by molar-refractivity contribution is 8.01. The molecule has 1 fully saturated rings. The quantitative estimate of drug-likeness (QED) is 0.423. The maximum atomic E-state index is 13.7. The summed E-state index contributed by atoms with van der Waals surface area (Å²) >= 11 is 1.39. The number of nitrogens with zero attached hydrogens (tertiary/aromatic N) is 1. The standard InChI is InChI=1S/C23H28N6O2S/c1-11-13(5-3-9-28-11)23(26)14-6-7-15(24)19-16(14)17(18(25)21(23)30)20(32-19)22(31)29-12-4-2-8-27-10-12/h3,5-7,9,12,17-18,20,27H,2,4,8,10,24-26H2,1H3,(H,29,31). The average Bonchev–Trinajstić information content (AvgIpc) is 3.20. The van der Waals surface area contributed by atoms with Crippen LogP contribution in [0.25, 0.3) is 0 Å². The molecule has 32 heavy (non-hydrogen) atoms. The van der Waals surface area contributed by atoms with E-state index in [2.05, 4.69) is 15.6 Å². The molecule has 1 aromatic carbocycles. The minimum absolute atomic E-state index is 0.0690. The third kappa shape index (κ3) is 3.07. The van der Waals surface area contributed by atoms with Gasteiger partial charge in [0.1, 0.15) is 5.54 Å². The minimum Gasteiger partial charge on any atom is -0.398 e. The van der Waals surface area contributed by atoms with E-state index in [1.165, 1.54) is 11.8 Å². The smallest absolute Gasteiger partial charge is 0.234 e. The number of carbonyl (C=O) groups excluding carboxylic acids is 2. The second kappa shape index (κ2) is 7.84. The van der Waals surface area contributed by atoms with Gasteiger partial charge in [-0.2, -0.15) is 0 Å². The van der Waals surface area contributed by atoms with Gasteiger partial charge in [0.05, 0.1) is 11.3 Å². The SMILES string of the molecule is Cc1ncccc1C1(N)C(=O)C(N)C2c3c1ccc(N)c3SC2C(=O)NC1CCCNC1. The summed E-state index contributed by atoms with van der Waals surface area (Å²) < 4.78 is 0. The Bertz CT molecular complexity index is 1100. The number of amides is 1. The number of aryl methyl sites for hydroxylation is 1. The van der Waals surface area contributed by atoms with E-state index in [1.54, 1.807) is 18.3 Å². The van der Waals surface area contributed by atoms with Crippen molar-refractivity contribution in [1.82, 2.24) is 15.6 Å². The molecule has 0 bridgehead atoms. The van der Waals surface area contributed by atoms with Crippen molar-refractivity contribution < 1.29 is 9.59 Å². The molecule has 5 rings (SSSR count). The number of hydrogen-bond acceptors (Lipinski definition) is 8. The number of nitrogens with two attached hydrogens (primary N) is 3. The Balaban J connectivity index is 1.59. The molecule has 2 aromatic rings. The molecule has 1 aliphatic carbocycles. The number of thioether (sulfide) groups is 1. The number of nitrogen functional groups attached to an aromatic ring is 1. The van der Waals surface area contributed by atoms with Gasteiger partial charge in [0.15, 0.2) is 5.78 Å². The Morgan fingerprint density at radius 1 is 1.31 bits per heavy atom. The maximum Gasteiger partial charge on any atom is 0.234 e. The van der Waals surface area contributed by atoms with Gasteiger partial charge in [-0.05, 0) is 49.6 Å². The molecular weight excluding hydrogens is 424 g/mol. The van der Waals surface area contributed by atoms with E-state index < -0.39 is 22.7 Å². The first kappa shape index (κ1) is 21.4. The number of nitrogens with one attached hydrogen (secondary N) is 2. The van der Waals surface area contributed by atoms with Crippen LogP contribution in [-0.2, 0) is 15.1 Å². The Morgan fingerprint density at radius 3 is 2.84 bits per heavy atom. The predicted molar refractivity (Wildman–Crippen MR) is 124 cm³/mol. The monoisotopic (exact) mass is 452 g/mol. The van der Waals surface area contributed by atoms with Crippen molar-refractivity contribution in [3.63, 3.8) is 0 Å². The summed E-state index contributed by atoms with van der Waals surface area (Å²) in [5.74, 6) is -0.895. The number of Topliss-reactive ketones (excluding diaryl/α,β-unsaturated/α-hetero) is 1. The van der Waals surface area contributed by atoms with E-state index in [0.29, 0.717) is 22.5 Å². The van der Waals surface area contributed by atoms with Gasteiger partial charge in [-0.25, -0.2) is 0 Å². The van der Waals surface area contributed by atoms with E-state index >= 15 is 0 Å². The zero-order valence-electron chi connectivity index (χ0n) is 17.9. The van der Waals surface area contributed by atoms with E-state index in [4.69, 9.17) is 17.2 Å². The minimum atomic E-state index is -1.44. The summed E-state index contributed by atoms with van der Waals surface area (Å²) in [5.41, 5.74) is 21.7. The Hall–Kier alpha value is -2.46. The first-order chi connectivity index (χ1) is 15.3. The normalized spacial score (nSPS) is 31.3. The van der Waals surface area contributed by atoms with Crippen molar-refractivity contribution in [2.45, 2.75) is 53.5 Å². The summed E-state index contributed by atoms with van der Waals surface area (Å²) in [6.07, 6.45) is 3.61. The lowest BCUT2D eigenvalue weighted by Crippen LogP contribution is -2.61. The van der Waals surface area contributed by atoms with Gasteiger partial charge in [0.25, 0.3) is 0 Å². The highest BCUT2D eigenvalue weighted by Gasteiger charge is 2.57. The Kier molecular flexibility index (Phi) is 5.24. The van der Waals surface area contributed by atoms with E-state index in [9.17, 15) is 9.59 Å². The first-order valence-corrected chi connectivity index (χ1v) is 11.8. The zero-order chi connectivity index (χ0) is 22.6. The van der Waals surface area contributed by atoms with Crippen LogP contribution in [0.2, 0.25) is 0 Å². The van der Waals surface area contributed by atoms with Crippen molar-refractivity contribution in [3.8, 4) is 0 Å². The lowest BCUT2D eigenvalue weighted by Gasteiger charge is -2.41. The molecule has 1 aromatic heterocycles. The molecule has 1 amide bonds. The molecular formula is C23H28N6O2S. The summed E-state index contributed by atoms with van der Waals surface area (Å²) in [6.45, 7) is 3.53. The average molecular weight is 453 g/mol. The molecule has 5 unspecified atom stereocenters. The van der Waals surface area contributed by atoms with Gasteiger partial charge in [-0.15, -0.1) is 11.8 Å². The summed E-state index contributed by atoms with van der Waals surface area (Å²) in [4.78, 5) is 32.2. The second-order valence-corrected chi connectivity index (χ2v) is 10.0. The van der Waals surface area contributed by atoms with Crippen LogP contribution in [-0.4, -0.2) is 47.1 Å². The fourth-order valence-corrected chi connectivity index (χ4v) is 6.81. The number of hydrogen-bond donors (Lipinski definition) is 5. The van der Waals surface area contributed by atoms with E-state index in [-0.39, 0.29) is 17.7 Å². The third-order valence-electron chi connectivity index (χ3n) is 6.97. The second-order valence-electron chi connectivity index (χ2n) is 8.90. The summed E-state index contributed by atoms with van der Waals surface area (Å²) in [7, 11) is 0. The van der Waals surface area contributed by atoms with Gasteiger partial charge in [0, 0.05) is 46.5 Å². The zero-order valence-corrected chi connectivity index (χ0v) is 18.7. The van der Waals surface area contributed by atoms with Crippen molar-refractivity contribution in [2.24, 2.45) is 11.5 Å². The molecule has 3 aliphatic rings. The van der Waals surface area contributed by atoms with Gasteiger partial charge < -0.3 is 27.8 Å². The Labute approximate surface area is 191 Å². The molecule has 0 spiro atoms. The number of benzene rings is 1. The fourth-order valence-electron chi connectivity index (χ4n) is 5.35. The van der Waals surface area contributed by atoms with Crippen molar-refractivity contribution in [3.05, 3.63) is 52.8 Å². The number of anilines is 1. The molecule has 9 heteroatoms. The van der Waals surface area contributed by atoms with E-state index in [1.807, 2.05) is 19.1 Å². The summed E-state index contributed by atoms with van der Waals surface area (Å²) in [6, 6.07) is 6.30. The lowest BCUT2D eigenvalue weighted by atomic mass is 9.65. The van der Waals surface area contributed by atoms with Crippen LogP contribution < -0.4 is 27.8 Å². The lowest BCUT2D eigenvalue weighted by molar-refractivity contribution is -0.126. The first-order valence-electron chi connectivity index (χ1n) is 11.0. The van der Waals surface area contributed by atoms with Crippen LogP contribution >= 0.6 is 11.8 Å². The van der Waals surface area contributed by atoms with Crippen LogP contribution in [0.15, 0.2) is 35.4 Å². The van der Waals surface area contributed by atoms with Crippen LogP contribution in [0.5, 0.6) is 0 Å². The molecule has 168 valence electrons. The van der Waals surface area contributed by atoms with Gasteiger partial charge in [-0.3, -0.25) is 14.6 Å². The number of rotatable bonds is 3. The van der Waals surface area contributed by atoms with Crippen molar-refractivity contribution >= 4 is 29.1 Å². The molecule has 1 saturated heterocycles. The largest absolute Gasteiger partial charge is 0.398 e. The van der Waals surface area contributed by atoms with Crippen molar-refractivity contribution in [2.75, 3.05) is 18.8 Å². The maximum absolute atomic E-state index is 13.7. The van der Waals surface area contributed by atoms with Crippen LogP contribution in [0.3, 0.4) is 0 Å². The number of piperidine rings is 1.